The Hall–Kier alpha value is -2.52. The summed E-state index contributed by atoms with van der Waals surface area (Å²) < 4.78 is 36.1. The molecule has 0 aromatic heterocycles. The number of ether oxygens (including phenoxy) is 1. The Kier molecular flexibility index (Phi) is 5.27. The van der Waals surface area contributed by atoms with Gasteiger partial charge in [0.2, 0.25) is 5.79 Å². The van der Waals surface area contributed by atoms with E-state index in [4.69, 9.17) is 4.74 Å². The standard InChI is InChI=1S/C22H24N2O5S/c1-15-7-8-20(16(2)13-15)30(27,28)23-19-14-21-22(26,18-6-4-3-5-17(18)19)29-12-10-24(21)9-11-25/h3-8,13-14,25-26H,9-12H2,1-2H3/t22-/m0/s1. The van der Waals surface area contributed by atoms with Crippen LogP contribution in [0, 0.1) is 13.8 Å². The van der Waals surface area contributed by atoms with Crippen LogP contribution in [-0.4, -0.2) is 55.5 Å². The Morgan fingerprint density at radius 2 is 1.97 bits per heavy atom. The summed E-state index contributed by atoms with van der Waals surface area (Å²) in [4.78, 5) is 1.93. The molecule has 8 heteroatoms. The van der Waals surface area contributed by atoms with E-state index < -0.39 is 15.8 Å². The van der Waals surface area contributed by atoms with Crippen molar-refractivity contribution in [3.63, 3.8) is 0 Å². The van der Waals surface area contributed by atoms with E-state index in [0.29, 0.717) is 28.9 Å². The molecule has 2 aliphatic rings. The summed E-state index contributed by atoms with van der Waals surface area (Å²) in [5.74, 6) is -1.72. The van der Waals surface area contributed by atoms with E-state index in [0.717, 1.165) is 5.56 Å². The smallest absolute Gasteiger partial charge is 0.283 e. The third-order valence-corrected chi connectivity index (χ3v) is 6.85. The van der Waals surface area contributed by atoms with Crippen LogP contribution in [0.15, 0.2) is 63.5 Å². The fourth-order valence-electron chi connectivity index (χ4n) is 4.02. The zero-order valence-corrected chi connectivity index (χ0v) is 17.7. The maximum atomic E-state index is 13.1. The van der Waals surface area contributed by atoms with E-state index in [1.807, 2.05) is 6.92 Å². The molecule has 2 aromatic carbocycles. The van der Waals surface area contributed by atoms with Crippen LogP contribution in [-0.2, 0) is 20.5 Å². The molecule has 1 heterocycles. The topological polar surface area (TPSA) is 99.4 Å². The molecular weight excluding hydrogens is 404 g/mol. The average Bonchev–Trinajstić information content (AvgIpc) is 2.69. The molecule has 1 saturated heterocycles. The van der Waals surface area contributed by atoms with Gasteiger partial charge in [0.25, 0.3) is 10.0 Å². The molecule has 0 bridgehead atoms. The first-order valence-corrected chi connectivity index (χ1v) is 11.2. The summed E-state index contributed by atoms with van der Waals surface area (Å²) in [6, 6.07) is 12.0. The van der Waals surface area contributed by atoms with Gasteiger partial charge in [-0.3, -0.25) is 0 Å². The summed E-state index contributed by atoms with van der Waals surface area (Å²) in [5.41, 5.74) is 3.10. The van der Waals surface area contributed by atoms with E-state index >= 15 is 0 Å². The van der Waals surface area contributed by atoms with Crippen molar-refractivity contribution < 1.29 is 23.4 Å². The Balaban J connectivity index is 1.90. The summed E-state index contributed by atoms with van der Waals surface area (Å²) in [6.07, 6.45) is 1.54. The minimum atomic E-state index is -3.98. The first-order chi connectivity index (χ1) is 14.3. The third-order valence-electron chi connectivity index (χ3n) is 5.40. The number of aliphatic hydroxyl groups is 2. The summed E-state index contributed by atoms with van der Waals surface area (Å²) in [5, 5.41) is 20.8. The van der Waals surface area contributed by atoms with Gasteiger partial charge in [-0.2, -0.15) is 12.8 Å². The second-order valence-corrected chi connectivity index (χ2v) is 9.07. The van der Waals surface area contributed by atoms with Crippen molar-refractivity contribution in [3.8, 4) is 0 Å². The molecule has 1 atom stereocenters. The molecule has 0 radical (unpaired) electrons. The lowest BCUT2D eigenvalue weighted by Crippen LogP contribution is -2.50. The lowest BCUT2D eigenvalue weighted by molar-refractivity contribution is -0.219. The number of fused-ring (bicyclic) bond motifs is 3. The number of benzene rings is 2. The van der Waals surface area contributed by atoms with Gasteiger partial charge in [-0.15, -0.1) is 0 Å². The predicted molar refractivity (Wildman–Crippen MR) is 113 cm³/mol. The lowest BCUT2D eigenvalue weighted by Gasteiger charge is -2.45. The van der Waals surface area contributed by atoms with Gasteiger partial charge in [0.15, 0.2) is 0 Å². The molecule has 4 rings (SSSR count). The number of aliphatic hydroxyl groups excluding tert-OH is 1. The van der Waals surface area contributed by atoms with Gasteiger partial charge in [0.05, 0.1) is 29.5 Å². The van der Waals surface area contributed by atoms with Gasteiger partial charge in [-0.25, -0.2) is 0 Å². The monoisotopic (exact) mass is 428 g/mol. The summed E-state index contributed by atoms with van der Waals surface area (Å²) in [7, 11) is -3.98. The first-order valence-electron chi connectivity index (χ1n) is 9.73. The van der Waals surface area contributed by atoms with E-state index in [1.165, 1.54) is 6.08 Å². The second kappa shape index (κ2) is 7.63. The molecule has 158 valence electrons. The van der Waals surface area contributed by atoms with Crippen molar-refractivity contribution in [3.05, 3.63) is 76.5 Å². The molecule has 1 aliphatic carbocycles. The molecule has 2 N–H and O–H groups in total. The zero-order chi connectivity index (χ0) is 21.5. The lowest BCUT2D eigenvalue weighted by atomic mass is 9.86. The van der Waals surface area contributed by atoms with Crippen molar-refractivity contribution >= 4 is 15.7 Å². The highest BCUT2D eigenvalue weighted by Gasteiger charge is 2.46. The van der Waals surface area contributed by atoms with Crippen LogP contribution in [0.5, 0.6) is 0 Å². The largest absolute Gasteiger partial charge is 0.395 e. The van der Waals surface area contributed by atoms with Crippen LogP contribution in [0.25, 0.3) is 0 Å². The van der Waals surface area contributed by atoms with Crippen molar-refractivity contribution in [1.82, 2.24) is 4.90 Å². The molecule has 1 fully saturated rings. The van der Waals surface area contributed by atoms with E-state index in [1.54, 1.807) is 54.3 Å². The van der Waals surface area contributed by atoms with Crippen molar-refractivity contribution in [2.75, 3.05) is 26.3 Å². The first kappa shape index (κ1) is 20.7. The molecular formula is C22H24N2O5S. The Bertz CT molecular complexity index is 1150. The molecule has 7 nitrogen and oxygen atoms in total. The van der Waals surface area contributed by atoms with Gasteiger partial charge in [0, 0.05) is 24.2 Å². The van der Waals surface area contributed by atoms with Crippen LogP contribution in [0.1, 0.15) is 22.3 Å². The highest BCUT2D eigenvalue weighted by atomic mass is 32.2. The molecule has 30 heavy (non-hydrogen) atoms. The van der Waals surface area contributed by atoms with E-state index in [9.17, 15) is 18.6 Å². The zero-order valence-electron chi connectivity index (χ0n) is 16.9. The number of hydrogen-bond donors (Lipinski definition) is 2. The van der Waals surface area contributed by atoms with Crippen LogP contribution in [0.2, 0.25) is 0 Å². The van der Waals surface area contributed by atoms with Crippen LogP contribution < -0.4 is 0 Å². The molecule has 1 aliphatic heterocycles. The SMILES string of the molecule is Cc1ccc(S(=O)(=O)N=C2C=C3N(CCO)CCO[C@@]3(O)c3ccccc32)c(C)c1. The Labute approximate surface area is 176 Å². The molecule has 0 saturated carbocycles. The number of allylic oxidation sites excluding steroid dienone is 1. The quantitative estimate of drug-likeness (QED) is 0.771. The fraction of sp³-hybridized carbons (Fsp3) is 0.318. The number of nitrogens with zero attached hydrogens (tertiary/aromatic N) is 2. The third kappa shape index (κ3) is 3.45. The molecule has 2 aromatic rings. The maximum absolute atomic E-state index is 13.1. The Morgan fingerprint density at radius 1 is 1.20 bits per heavy atom. The minimum Gasteiger partial charge on any atom is -0.395 e. The summed E-state index contributed by atoms with van der Waals surface area (Å²) >= 11 is 0. The van der Waals surface area contributed by atoms with Crippen molar-refractivity contribution in [2.45, 2.75) is 24.5 Å². The normalized spacial score (nSPS) is 22.5. The maximum Gasteiger partial charge on any atom is 0.283 e. The number of rotatable bonds is 4. The highest BCUT2D eigenvalue weighted by Crippen LogP contribution is 2.41. The Morgan fingerprint density at radius 3 is 2.70 bits per heavy atom. The summed E-state index contributed by atoms with van der Waals surface area (Å²) in [6.45, 7) is 4.56. The van der Waals surface area contributed by atoms with Crippen molar-refractivity contribution in [2.24, 2.45) is 4.40 Å². The number of morpholine rings is 1. The van der Waals surface area contributed by atoms with Gasteiger partial charge in [0.1, 0.15) is 0 Å². The molecule has 0 unspecified atom stereocenters. The number of sulfonamides is 1. The average molecular weight is 429 g/mol. The van der Waals surface area contributed by atoms with Crippen molar-refractivity contribution in [1.29, 1.82) is 0 Å². The van der Waals surface area contributed by atoms with Crippen LogP contribution in [0.4, 0.5) is 0 Å². The molecule has 0 amide bonds. The minimum absolute atomic E-state index is 0.109. The predicted octanol–water partition coefficient (Wildman–Crippen LogP) is 1.85. The number of aryl methyl sites for hydroxylation is 2. The molecule has 0 spiro atoms. The second-order valence-electron chi connectivity index (χ2n) is 7.50. The van der Waals surface area contributed by atoms with Crippen LogP contribution in [0.3, 0.4) is 0 Å². The van der Waals surface area contributed by atoms with Crippen LogP contribution >= 0.6 is 0 Å². The van der Waals surface area contributed by atoms with Gasteiger partial charge in [-0.05, 0) is 31.6 Å². The highest BCUT2D eigenvalue weighted by molar-refractivity contribution is 7.90. The van der Waals surface area contributed by atoms with E-state index in [-0.39, 0.29) is 30.4 Å². The fourth-order valence-corrected chi connectivity index (χ4v) is 5.24. The van der Waals surface area contributed by atoms with E-state index in [2.05, 4.69) is 4.40 Å². The number of hydrogen-bond acceptors (Lipinski definition) is 6. The van der Waals surface area contributed by atoms with Gasteiger partial charge in [-0.1, -0.05) is 42.0 Å². The van der Waals surface area contributed by atoms with Gasteiger partial charge < -0.3 is 19.8 Å². The number of β-amino-alcohol motifs (C(OH)–C–C–N with tert-alkyl or cyclic N) is 1. The van der Waals surface area contributed by atoms with Gasteiger partial charge >= 0.3 is 0 Å².